The Balaban J connectivity index is 1.56. The molecule has 0 aliphatic carbocycles. The maximum Gasteiger partial charge on any atom is 0.330 e. The van der Waals surface area contributed by atoms with Crippen LogP contribution in [-0.2, 0) is 25.5 Å². The van der Waals surface area contributed by atoms with Gasteiger partial charge in [-0.15, -0.1) is 0 Å². The summed E-state index contributed by atoms with van der Waals surface area (Å²) in [5.74, 6) is -1.73. The quantitative estimate of drug-likeness (QED) is 0.316. The number of hydrogen-bond donors (Lipinski definition) is 3. The van der Waals surface area contributed by atoms with E-state index < -0.39 is 35.4 Å². The molecule has 2 aromatic rings. The van der Waals surface area contributed by atoms with Crippen molar-refractivity contribution in [2.75, 3.05) is 18.5 Å². The second-order valence-corrected chi connectivity index (χ2v) is 9.50. The highest BCUT2D eigenvalue weighted by Crippen LogP contribution is 2.31. The number of fused-ring (bicyclic) bond motifs is 1. The molecule has 0 bridgehead atoms. The number of aryl methyl sites for hydroxylation is 1. The Hall–Kier alpha value is -3.93. The predicted octanol–water partition coefficient (Wildman–Crippen LogP) is 1.67. The van der Waals surface area contributed by atoms with Crippen LogP contribution < -0.4 is 21.5 Å². The number of hydrogen-bond acceptors (Lipinski definition) is 8. The Morgan fingerprint density at radius 1 is 1.32 bits per heavy atom. The molecule has 2 aromatic heterocycles. The van der Waals surface area contributed by atoms with Gasteiger partial charge in [-0.3, -0.25) is 23.7 Å². The van der Waals surface area contributed by atoms with E-state index in [9.17, 15) is 24.0 Å². The Labute approximate surface area is 222 Å². The third-order valence-electron chi connectivity index (χ3n) is 6.44. The van der Waals surface area contributed by atoms with Gasteiger partial charge in [0, 0.05) is 36.3 Å². The molecule has 0 aromatic carbocycles. The number of amides is 3. The molecule has 38 heavy (non-hydrogen) atoms. The van der Waals surface area contributed by atoms with Crippen LogP contribution in [0.15, 0.2) is 33.6 Å². The average Bonchev–Trinajstić information content (AvgIpc) is 3.61. The lowest BCUT2D eigenvalue weighted by Gasteiger charge is -2.22. The number of esters is 1. The molecule has 0 spiro atoms. The third-order valence-corrected chi connectivity index (χ3v) is 6.77. The SMILES string of the molecule is CCOC(=O)C=C[C@H](C[C@@H]1CCNC1=O)NC(=O)[C@@H]1CCc2c(Cl)cc(NC(=O)c3cc(C)on3)c(=O)n21. The first-order valence-corrected chi connectivity index (χ1v) is 12.7. The minimum absolute atomic E-state index is 0.00927. The lowest BCUT2D eigenvalue weighted by molar-refractivity contribution is -0.137. The summed E-state index contributed by atoms with van der Waals surface area (Å²) in [6.45, 7) is 4.04. The van der Waals surface area contributed by atoms with E-state index in [1.54, 1.807) is 13.8 Å². The molecule has 0 unspecified atom stereocenters. The van der Waals surface area contributed by atoms with Gasteiger partial charge in [-0.05, 0) is 45.6 Å². The van der Waals surface area contributed by atoms with Crippen LogP contribution in [0.4, 0.5) is 5.69 Å². The van der Waals surface area contributed by atoms with Crippen molar-refractivity contribution in [1.82, 2.24) is 20.4 Å². The molecule has 4 heterocycles. The summed E-state index contributed by atoms with van der Waals surface area (Å²) < 4.78 is 11.1. The molecule has 202 valence electrons. The molecule has 12 nitrogen and oxygen atoms in total. The monoisotopic (exact) mass is 545 g/mol. The van der Waals surface area contributed by atoms with Crippen molar-refractivity contribution in [3.8, 4) is 0 Å². The molecule has 2 aliphatic heterocycles. The Kier molecular flexibility index (Phi) is 8.30. The minimum Gasteiger partial charge on any atom is -0.463 e. The highest BCUT2D eigenvalue weighted by molar-refractivity contribution is 6.31. The van der Waals surface area contributed by atoms with Crippen molar-refractivity contribution in [3.63, 3.8) is 0 Å². The summed E-state index contributed by atoms with van der Waals surface area (Å²) in [5, 5.41) is 12.0. The first-order chi connectivity index (χ1) is 18.2. The first kappa shape index (κ1) is 27.1. The topological polar surface area (TPSA) is 162 Å². The fourth-order valence-electron chi connectivity index (χ4n) is 4.63. The molecular weight excluding hydrogens is 518 g/mol. The molecule has 3 N–H and O–H groups in total. The summed E-state index contributed by atoms with van der Waals surface area (Å²) in [4.78, 5) is 63.2. The fourth-order valence-corrected chi connectivity index (χ4v) is 4.93. The smallest absolute Gasteiger partial charge is 0.330 e. The normalized spacial score (nSPS) is 19.2. The van der Waals surface area contributed by atoms with Gasteiger partial charge in [0.15, 0.2) is 5.69 Å². The fraction of sp³-hybridized carbons (Fsp3) is 0.440. The number of aromatic nitrogens is 2. The molecule has 3 atom stereocenters. The van der Waals surface area contributed by atoms with Crippen molar-refractivity contribution < 1.29 is 28.4 Å². The van der Waals surface area contributed by atoms with Gasteiger partial charge in [0.25, 0.3) is 11.5 Å². The Morgan fingerprint density at radius 2 is 2.11 bits per heavy atom. The van der Waals surface area contributed by atoms with Gasteiger partial charge >= 0.3 is 5.97 Å². The number of rotatable bonds is 9. The summed E-state index contributed by atoms with van der Waals surface area (Å²) in [7, 11) is 0. The predicted molar refractivity (Wildman–Crippen MR) is 136 cm³/mol. The van der Waals surface area contributed by atoms with Crippen LogP contribution in [0.5, 0.6) is 0 Å². The first-order valence-electron chi connectivity index (χ1n) is 12.3. The zero-order chi connectivity index (χ0) is 27.4. The Bertz CT molecular complexity index is 1350. The van der Waals surface area contributed by atoms with E-state index in [2.05, 4.69) is 21.1 Å². The highest BCUT2D eigenvalue weighted by atomic mass is 35.5. The standard InChI is InChI=1S/C25H28ClN5O7/c1-3-37-21(32)7-4-15(11-14-8-9-27-22(14)33)28-24(35)20-6-5-19-16(26)12-18(25(36)31(19)20)29-23(34)17-10-13(2)38-30-17/h4,7,10,12,14-15,20H,3,5-6,8-9,11H2,1-2H3,(H,27,33)(H,28,35)(H,29,34)/t14-,15+,20-/m0/s1. The maximum absolute atomic E-state index is 13.4. The number of anilines is 1. The third kappa shape index (κ3) is 5.96. The van der Waals surface area contributed by atoms with Gasteiger partial charge in [-0.25, -0.2) is 4.79 Å². The molecule has 0 radical (unpaired) electrons. The second kappa shape index (κ2) is 11.6. The van der Waals surface area contributed by atoms with Crippen molar-refractivity contribution >= 4 is 41.0 Å². The van der Waals surface area contributed by atoms with Gasteiger partial charge in [0.2, 0.25) is 11.8 Å². The van der Waals surface area contributed by atoms with E-state index in [1.165, 1.54) is 28.9 Å². The van der Waals surface area contributed by atoms with Gasteiger partial charge in [-0.2, -0.15) is 0 Å². The number of carbonyl (C=O) groups is 4. The molecule has 13 heteroatoms. The largest absolute Gasteiger partial charge is 0.463 e. The molecule has 0 saturated carbocycles. The summed E-state index contributed by atoms with van der Waals surface area (Å²) in [6, 6.07) is 1.21. The number of carbonyl (C=O) groups excluding carboxylic acids is 4. The van der Waals surface area contributed by atoms with Crippen LogP contribution in [0.25, 0.3) is 0 Å². The van der Waals surface area contributed by atoms with Crippen LogP contribution >= 0.6 is 11.6 Å². The Morgan fingerprint density at radius 3 is 2.76 bits per heavy atom. The van der Waals surface area contributed by atoms with Crippen LogP contribution in [-0.4, -0.2) is 52.6 Å². The van der Waals surface area contributed by atoms with E-state index in [4.69, 9.17) is 20.9 Å². The highest BCUT2D eigenvalue weighted by Gasteiger charge is 2.34. The van der Waals surface area contributed by atoms with Crippen molar-refractivity contribution in [3.05, 3.63) is 56.8 Å². The summed E-state index contributed by atoms with van der Waals surface area (Å²) in [5.41, 5.74) is -0.235. The van der Waals surface area contributed by atoms with Crippen molar-refractivity contribution in [1.29, 1.82) is 0 Å². The van der Waals surface area contributed by atoms with Crippen LogP contribution in [0.3, 0.4) is 0 Å². The number of pyridine rings is 1. The minimum atomic E-state index is -0.906. The van der Waals surface area contributed by atoms with Gasteiger partial charge < -0.3 is 25.2 Å². The van der Waals surface area contributed by atoms with E-state index in [0.717, 1.165) is 0 Å². The second-order valence-electron chi connectivity index (χ2n) is 9.10. The van der Waals surface area contributed by atoms with Crippen LogP contribution in [0, 0.1) is 12.8 Å². The van der Waals surface area contributed by atoms with E-state index >= 15 is 0 Å². The van der Waals surface area contributed by atoms with Crippen LogP contribution in [0.1, 0.15) is 54.2 Å². The number of ether oxygens (including phenoxy) is 1. The summed E-state index contributed by atoms with van der Waals surface area (Å²) >= 11 is 6.42. The van der Waals surface area contributed by atoms with Crippen molar-refractivity contribution in [2.24, 2.45) is 5.92 Å². The zero-order valence-electron chi connectivity index (χ0n) is 20.9. The number of nitrogens with zero attached hydrogens (tertiary/aromatic N) is 2. The average molecular weight is 546 g/mol. The van der Waals surface area contributed by atoms with E-state index in [0.29, 0.717) is 37.3 Å². The molecule has 3 amide bonds. The van der Waals surface area contributed by atoms with Gasteiger partial charge in [0.1, 0.15) is 17.5 Å². The lowest BCUT2D eigenvalue weighted by Crippen LogP contribution is -2.42. The summed E-state index contributed by atoms with van der Waals surface area (Å²) in [6.07, 6.45) is 4.26. The number of halogens is 1. The van der Waals surface area contributed by atoms with Gasteiger partial charge in [-0.1, -0.05) is 22.8 Å². The lowest BCUT2D eigenvalue weighted by atomic mass is 9.97. The molecular formula is C25H28ClN5O7. The van der Waals surface area contributed by atoms with Crippen molar-refractivity contribution in [2.45, 2.75) is 51.6 Å². The van der Waals surface area contributed by atoms with E-state index in [-0.39, 0.29) is 41.3 Å². The number of nitrogens with one attached hydrogen (secondary N) is 3. The molecule has 2 aliphatic rings. The van der Waals surface area contributed by atoms with E-state index in [1.807, 2.05) is 0 Å². The molecule has 1 saturated heterocycles. The maximum atomic E-state index is 13.4. The van der Waals surface area contributed by atoms with Crippen LogP contribution in [0.2, 0.25) is 5.02 Å². The molecule has 1 fully saturated rings. The molecule has 4 rings (SSSR count). The zero-order valence-corrected chi connectivity index (χ0v) is 21.7. The van der Waals surface area contributed by atoms with Gasteiger partial charge in [0.05, 0.1) is 11.6 Å².